The molecule has 2 aliphatic heterocycles. The molecule has 2 aliphatic rings. The van der Waals surface area contributed by atoms with Crippen LogP contribution in [-0.4, -0.2) is 31.2 Å². The van der Waals surface area contributed by atoms with E-state index in [1.807, 2.05) is 0 Å². The number of piperidine rings is 2. The lowest BCUT2D eigenvalue weighted by Crippen LogP contribution is -2.54. The van der Waals surface area contributed by atoms with E-state index in [-0.39, 0.29) is 0 Å². The Bertz CT molecular complexity index is 134. The van der Waals surface area contributed by atoms with Gasteiger partial charge in [0.1, 0.15) is 0 Å². The SMILES string of the molecule is CN1CCCC2CCCNC21. The van der Waals surface area contributed by atoms with Gasteiger partial charge in [0.15, 0.2) is 0 Å². The second-order valence-electron chi connectivity index (χ2n) is 3.92. The number of hydrogen-bond acceptors (Lipinski definition) is 2. The molecule has 2 atom stereocenters. The number of fused-ring (bicyclic) bond motifs is 1. The van der Waals surface area contributed by atoms with Gasteiger partial charge in [-0.15, -0.1) is 0 Å². The highest BCUT2D eigenvalue weighted by Gasteiger charge is 2.30. The standard InChI is InChI=1S/C9H18N2/c1-11-7-3-5-8-4-2-6-10-9(8)11/h8-10H,2-7H2,1H3. The van der Waals surface area contributed by atoms with Gasteiger partial charge in [0, 0.05) is 0 Å². The van der Waals surface area contributed by atoms with Crippen molar-refractivity contribution < 1.29 is 0 Å². The van der Waals surface area contributed by atoms with Crippen molar-refractivity contribution >= 4 is 0 Å². The van der Waals surface area contributed by atoms with Crippen LogP contribution in [0.3, 0.4) is 0 Å². The van der Waals surface area contributed by atoms with E-state index in [0.717, 1.165) is 5.92 Å². The normalized spacial score (nSPS) is 40.1. The molecule has 11 heavy (non-hydrogen) atoms. The molecule has 0 aliphatic carbocycles. The smallest absolute Gasteiger partial charge is 0.0623 e. The van der Waals surface area contributed by atoms with E-state index in [9.17, 15) is 0 Å². The summed E-state index contributed by atoms with van der Waals surface area (Å²) in [4.78, 5) is 2.48. The van der Waals surface area contributed by atoms with Crippen LogP contribution in [0.2, 0.25) is 0 Å². The van der Waals surface area contributed by atoms with Crippen molar-refractivity contribution in [3.8, 4) is 0 Å². The van der Waals surface area contributed by atoms with Crippen LogP contribution in [0.5, 0.6) is 0 Å². The fourth-order valence-corrected chi connectivity index (χ4v) is 2.50. The van der Waals surface area contributed by atoms with Crippen molar-refractivity contribution in [3.05, 3.63) is 0 Å². The topological polar surface area (TPSA) is 15.3 Å². The zero-order valence-electron chi connectivity index (χ0n) is 7.34. The minimum Gasteiger partial charge on any atom is -0.302 e. The van der Waals surface area contributed by atoms with Gasteiger partial charge in [0.25, 0.3) is 0 Å². The molecule has 0 aromatic heterocycles. The Morgan fingerprint density at radius 1 is 1.27 bits per heavy atom. The lowest BCUT2D eigenvalue weighted by Gasteiger charge is -2.42. The van der Waals surface area contributed by atoms with Crippen LogP contribution in [0.1, 0.15) is 25.7 Å². The zero-order chi connectivity index (χ0) is 7.68. The molecule has 1 N–H and O–H groups in total. The van der Waals surface area contributed by atoms with Crippen LogP contribution < -0.4 is 5.32 Å². The Hall–Kier alpha value is -0.0800. The highest BCUT2D eigenvalue weighted by molar-refractivity contribution is 4.83. The molecule has 2 heteroatoms. The van der Waals surface area contributed by atoms with Gasteiger partial charge in [0.2, 0.25) is 0 Å². The molecule has 0 aromatic rings. The first-order valence-electron chi connectivity index (χ1n) is 4.81. The summed E-state index contributed by atoms with van der Waals surface area (Å²) < 4.78 is 0. The summed E-state index contributed by atoms with van der Waals surface area (Å²) in [6.45, 7) is 2.51. The second kappa shape index (κ2) is 3.11. The van der Waals surface area contributed by atoms with E-state index >= 15 is 0 Å². The molecule has 0 saturated carbocycles. The monoisotopic (exact) mass is 154 g/mol. The summed E-state index contributed by atoms with van der Waals surface area (Å²) in [5.41, 5.74) is 0. The van der Waals surface area contributed by atoms with Crippen LogP contribution in [0, 0.1) is 5.92 Å². The van der Waals surface area contributed by atoms with Gasteiger partial charge < -0.3 is 5.32 Å². The van der Waals surface area contributed by atoms with E-state index in [2.05, 4.69) is 17.3 Å². The van der Waals surface area contributed by atoms with Crippen LogP contribution in [0.15, 0.2) is 0 Å². The van der Waals surface area contributed by atoms with Crippen LogP contribution in [-0.2, 0) is 0 Å². The predicted molar refractivity (Wildman–Crippen MR) is 46.4 cm³/mol. The number of nitrogens with one attached hydrogen (secondary N) is 1. The highest BCUT2D eigenvalue weighted by Crippen LogP contribution is 2.27. The molecule has 0 spiro atoms. The van der Waals surface area contributed by atoms with Gasteiger partial charge in [-0.05, 0) is 51.7 Å². The van der Waals surface area contributed by atoms with Crippen molar-refractivity contribution in [1.82, 2.24) is 10.2 Å². The zero-order valence-corrected chi connectivity index (χ0v) is 7.34. The molecular formula is C9H18N2. The van der Waals surface area contributed by atoms with Crippen molar-refractivity contribution in [2.75, 3.05) is 20.1 Å². The van der Waals surface area contributed by atoms with E-state index < -0.39 is 0 Å². The number of hydrogen-bond donors (Lipinski definition) is 1. The third kappa shape index (κ3) is 1.42. The number of likely N-dealkylation sites (tertiary alicyclic amines) is 1. The molecule has 2 unspecified atom stereocenters. The fourth-order valence-electron chi connectivity index (χ4n) is 2.50. The Morgan fingerprint density at radius 3 is 2.91 bits per heavy atom. The summed E-state index contributed by atoms with van der Waals surface area (Å²) in [5, 5.41) is 3.60. The van der Waals surface area contributed by atoms with Crippen LogP contribution >= 0.6 is 0 Å². The van der Waals surface area contributed by atoms with Crippen molar-refractivity contribution in [1.29, 1.82) is 0 Å². The Morgan fingerprint density at radius 2 is 2.09 bits per heavy atom. The average molecular weight is 154 g/mol. The first-order chi connectivity index (χ1) is 5.38. The molecule has 2 nitrogen and oxygen atoms in total. The molecule has 0 bridgehead atoms. The van der Waals surface area contributed by atoms with Crippen LogP contribution in [0.4, 0.5) is 0 Å². The van der Waals surface area contributed by atoms with Gasteiger partial charge in [-0.25, -0.2) is 0 Å². The molecule has 2 rings (SSSR count). The molecule has 0 aromatic carbocycles. The maximum atomic E-state index is 3.60. The Balaban J connectivity index is 1.99. The summed E-state index contributed by atoms with van der Waals surface area (Å²) in [6, 6.07) is 0. The second-order valence-corrected chi connectivity index (χ2v) is 3.92. The quantitative estimate of drug-likeness (QED) is 0.561. The molecule has 2 heterocycles. The Kier molecular flexibility index (Phi) is 2.14. The maximum absolute atomic E-state index is 3.60. The number of rotatable bonds is 0. The van der Waals surface area contributed by atoms with Gasteiger partial charge in [-0.1, -0.05) is 0 Å². The summed E-state index contributed by atoms with van der Waals surface area (Å²) >= 11 is 0. The molecule has 2 saturated heterocycles. The summed E-state index contributed by atoms with van der Waals surface area (Å²) in [5.74, 6) is 0.947. The first-order valence-corrected chi connectivity index (χ1v) is 4.81. The third-order valence-corrected chi connectivity index (χ3v) is 3.11. The molecule has 0 amide bonds. The van der Waals surface area contributed by atoms with E-state index in [0.29, 0.717) is 6.17 Å². The predicted octanol–water partition coefficient (Wildman–Crippen LogP) is 1.04. The lowest BCUT2D eigenvalue weighted by molar-refractivity contribution is 0.0672. The van der Waals surface area contributed by atoms with E-state index in [1.165, 1.54) is 38.8 Å². The van der Waals surface area contributed by atoms with E-state index in [1.54, 1.807) is 0 Å². The van der Waals surface area contributed by atoms with Gasteiger partial charge >= 0.3 is 0 Å². The van der Waals surface area contributed by atoms with Crippen molar-refractivity contribution in [3.63, 3.8) is 0 Å². The largest absolute Gasteiger partial charge is 0.302 e. The average Bonchev–Trinajstić information content (AvgIpc) is 2.06. The minimum atomic E-state index is 0.706. The first kappa shape index (κ1) is 7.56. The van der Waals surface area contributed by atoms with Gasteiger partial charge in [-0.3, -0.25) is 4.90 Å². The summed E-state index contributed by atoms with van der Waals surface area (Å²) in [7, 11) is 2.25. The maximum Gasteiger partial charge on any atom is 0.0623 e. The Labute approximate surface area is 69.0 Å². The van der Waals surface area contributed by atoms with Gasteiger partial charge in [0.05, 0.1) is 6.17 Å². The number of nitrogens with zero attached hydrogens (tertiary/aromatic N) is 1. The third-order valence-electron chi connectivity index (χ3n) is 3.11. The van der Waals surface area contributed by atoms with E-state index in [4.69, 9.17) is 0 Å². The van der Waals surface area contributed by atoms with Gasteiger partial charge in [-0.2, -0.15) is 0 Å². The minimum absolute atomic E-state index is 0.706. The fraction of sp³-hybridized carbons (Fsp3) is 1.00. The van der Waals surface area contributed by atoms with Crippen LogP contribution in [0.25, 0.3) is 0 Å². The highest BCUT2D eigenvalue weighted by atomic mass is 15.3. The van der Waals surface area contributed by atoms with Crippen molar-refractivity contribution in [2.24, 2.45) is 5.92 Å². The summed E-state index contributed by atoms with van der Waals surface area (Å²) in [6.07, 6.45) is 6.38. The lowest BCUT2D eigenvalue weighted by atomic mass is 9.88. The molecular weight excluding hydrogens is 136 g/mol. The van der Waals surface area contributed by atoms with Crippen molar-refractivity contribution in [2.45, 2.75) is 31.8 Å². The molecule has 2 fully saturated rings. The molecule has 0 radical (unpaired) electrons. The molecule has 64 valence electrons.